The molecule has 8 heteroatoms. The van der Waals surface area contributed by atoms with E-state index in [1.54, 1.807) is 24.3 Å². The molecular formula is C32H44O7S. The molecule has 7 nitrogen and oxygen atoms in total. The maximum atomic E-state index is 13.3. The molecule has 0 radical (unpaired) electrons. The van der Waals surface area contributed by atoms with Gasteiger partial charge in [-0.15, -0.1) is 0 Å². The van der Waals surface area contributed by atoms with Crippen molar-refractivity contribution in [3.63, 3.8) is 0 Å². The van der Waals surface area contributed by atoms with Crippen molar-refractivity contribution in [2.24, 2.45) is 34.5 Å². The summed E-state index contributed by atoms with van der Waals surface area (Å²) >= 11 is 0. The van der Waals surface area contributed by atoms with Gasteiger partial charge in [0, 0.05) is 26.2 Å². The van der Waals surface area contributed by atoms with Crippen LogP contribution in [0.15, 0.2) is 40.8 Å². The van der Waals surface area contributed by atoms with Crippen LogP contribution in [0.4, 0.5) is 0 Å². The molecule has 3 fully saturated rings. The molecule has 0 N–H and O–H groups in total. The molecule has 9 atom stereocenters. The topological polar surface area (TPSA) is 96.0 Å². The first kappa shape index (κ1) is 29.3. The predicted molar refractivity (Wildman–Crippen MR) is 151 cm³/mol. The summed E-state index contributed by atoms with van der Waals surface area (Å²) in [5.41, 5.74) is 2.23. The van der Waals surface area contributed by atoms with Crippen LogP contribution in [0.3, 0.4) is 0 Å². The van der Waals surface area contributed by atoms with Crippen LogP contribution in [0.2, 0.25) is 0 Å². The molecule has 3 saturated carbocycles. The van der Waals surface area contributed by atoms with Crippen molar-refractivity contribution >= 4 is 22.1 Å². The second kappa shape index (κ2) is 10.6. The fourth-order valence-electron chi connectivity index (χ4n) is 9.18. The molecule has 4 aliphatic carbocycles. The van der Waals surface area contributed by atoms with Gasteiger partial charge in [-0.3, -0.25) is 13.8 Å². The van der Waals surface area contributed by atoms with Gasteiger partial charge in [0.25, 0.3) is 10.1 Å². The lowest BCUT2D eigenvalue weighted by Crippen LogP contribution is -2.52. The van der Waals surface area contributed by atoms with E-state index in [1.807, 2.05) is 13.8 Å². The molecule has 220 valence electrons. The molecule has 0 spiro atoms. The molecule has 1 aromatic rings. The van der Waals surface area contributed by atoms with Crippen molar-refractivity contribution < 1.29 is 31.7 Å². The maximum Gasteiger partial charge on any atom is 0.302 e. The van der Waals surface area contributed by atoms with Crippen LogP contribution in [-0.2, 0) is 33.4 Å². The fraction of sp³-hybridized carbons (Fsp3) is 0.688. The molecule has 0 aromatic heterocycles. The van der Waals surface area contributed by atoms with Gasteiger partial charge in [-0.1, -0.05) is 43.2 Å². The van der Waals surface area contributed by atoms with Gasteiger partial charge >= 0.3 is 11.9 Å². The third-order valence-electron chi connectivity index (χ3n) is 10.9. The Morgan fingerprint density at radius 3 is 2.30 bits per heavy atom. The predicted octanol–water partition coefficient (Wildman–Crippen LogP) is 6.14. The van der Waals surface area contributed by atoms with E-state index in [2.05, 4.69) is 19.9 Å². The van der Waals surface area contributed by atoms with Crippen LogP contribution in [0.1, 0.15) is 85.1 Å². The van der Waals surface area contributed by atoms with Gasteiger partial charge in [0.2, 0.25) is 0 Å². The minimum Gasteiger partial charge on any atom is -0.462 e. The van der Waals surface area contributed by atoms with E-state index in [0.29, 0.717) is 11.8 Å². The van der Waals surface area contributed by atoms with E-state index in [-0.39, 0.29) is 45.6 Å². The summed E-state index contributed by atoms with van der Waals surface area (Å²) in [5, 5.41) is 0. The standard InChI is InChI=1S/C32H44O7S/c1-19-7-10-25(11-8-19)40(35,36)39-20(2)30-29(38-22(4)34)18-28-26-12-9-23-17-24(37-21(3)33)13-15-31(23,5)27(26)14-16-32(28,30)6/h7-11,20,24,26-30H,12-18H2,1-6H3/t20-,24-,26+,27-,28-,29+,30-,31-,32-/m0/s1. The van der Waals surface area contributed by atoms with Crippen LogP contribution in [-0.4, -0.2) is 38.7 Å². The Morgan fingerprint density at radius 2 is 1.65 bits per heavy atom. The third-order valence-corrected chi connectivity index (χ3v) is 12.3. The first-order valence-corrected chi connectivity index (χ1v) is 16.2. The first-order chi connectivity index (χ1) is 18.7. The quantitative estimate of drug-likeness (QED) is 0.229. The van der Waals surface area contributed by atoms with E-state index in [9.17, 15) is 18.0 Å². The van der Waals surface area contributed by atoms with E-state index in [1.165, 1.54) is 19.4 Å². The van der Waals surface area contributed by atoms with E-state index >= 15 is 0 Å². The number of ether oxygens (including phenoxy) is 2. The van der Waals surface area contributed by atoms with Gasteiger partial charge in [0.15, 0.2) is 0 Å². The van der Waals surface area contributed by atoms with E-state index in [0.717, 1.165) is 50.5 Å². The molecule has 4 aliphatic rings. The summed E-state index contributed by atoms with van der Waals surface area (Å²) < 4.78 is 43.9. The molecule has 0 bridgehead atoms. The molecule has 0 heterocycles. The smallest absolute Gasteiger partial charge is 0.302 e. The summed E-state index contributed by atoms with van der Waals surface area (Å²) in [4.78, 5) is 23.9. The largest absolute Gasteiger partial charge is 0.462 e. The Balaban J connectivity index is 1.42. The van der Waals surface area contributed by atoms with Crippen molar-refractivity contribution in [1.29, 1.82) is 0 Å². The van der Waals surface area contributed by atoms with Gasteiger partial charge < -0.3 is 9.47 Å². The minimum absolute atomic E-state index is 0.0417. The van der Waals surface area contributed by atoms with Crippen molar-refractivity contribution in [1.82, 2.24) is 0 Å². The highest BCUT2D eigenvalue weighted by Gasteiger charge is 2.63. The monoisotopic (exact) mass is 572 g/mol. The molecule has 1 aromatic carbocycles. The summed E-state index contributed by atoms with van der Waals surface area (Å²) in [6.07, 6.45) is 7.60. The van der Waals surface area contributed by atoms with Gasteiger partial charge in [-0.05, 0) is 93.1 Å². The highest BCUT2D eigenvalue weighted by Crippen LogP contribution is 2.67. The Hall–Kier alpha value is -2.19. The Kier molecular flexibility index (Phi) is 7.75. The SMILES string of the molecule is CC(=O)O[C@H]1CC[C@@]2(C)C(=CC[C@H]3[C@@H]4C[C@@H](OC(C)=O)[C@H]([C@H](C)OS(=O)(=O)c5ccc(C)cc5)[C@@]4(C)CC[C@@H]32)C1. The Labute approximate surface area is 239 Å². The number of fused-ring (bicyclic) bond motifs is 5. The van der Waals surface area contributed by atoms with E-state index < -0.39 is 22.3 Å². The summed E-state index contributed by atoms with van der Waals surface area (Å²) in [6, 6.07) is 6.69. The normalized spacial score (nSPS) is 37.8. The first-order valence-electron chi connectivity index (χ1n) is 14.8. The highest BCUT2D eigenvalue weighted by molar-refractivity contribution is 7.86. The molecule has 0 aliphatic heterocycles. The number of allylic oxidation sites excluding steroid dienone is 1. The zero-order chi connectivity index (χ0) is 29.0. The average Bonchev–Trinajstić information content (AvgIpc) is 3.15. The number of esters is 2. The number of aryl methyl sites for hydroxylation is 1. The van der Waals surface area contributed by atoms with Crippen LogP contribution in [0.5, 0.6) is 0 Å². The average molecular weight is 573 g/mol. The van der Waals surface area contributed by atoms with Crippen LogP contribution >= 0.6 is 0 Å². The van der Waals surface area contributed by atoms with Crippen molar-refractivity contribution in [3.05, 3.63) is 41.5 Å². The molecule has 0 unspecified atom stereocenters. The van der Waals surface area contributed by atoms with Gasteiger partial charge in [0.1, 0.15) is 12.2 Å². The minimum atomic E-state index is -3.98. The van der Waals surface area contributed by atoms with Gasteiger partial charge in [0.05, 0.1) is 11.0 Å². The van der Waals surface area contributed by atoms with Crippen molar-refractivity contribution in [3.8, 4) is 0 Å². The lowest BCUT2D eigenvalue weighted by Gasteiger charge is -2.58. The third kappa shape index (κ3) is 5.15. The van der Waals surface area contributed by atoms with Crippen LogP contribution < -0.4 is 0 Å². The lowest BCUT2D eigenvalue weighted by atomic mass is 9.47. The molecular weight excluding hydrogens is 528 g/mol. The molecule has 40 heavy (non-hydrogen) atoms. The summed E-state index contributed by atoms with van der Waals surface area (Å²) in [5.74, 6) is 0.402. The zero-order valence-electron chi connectivity index (χ0n) is 24.6. The van der Waals surface area contributed by atoms with Crippen LogP contribution in [0, 0.1) is 41.4 Å². The Bertz CT molecular complexity index is 1280. The van der Waals surface area contributed by atoms with Crippen molar-refractivity contribution in [2.45, 2.75) is 110 Å². The number of rotatable bonds is 6. The molecule has 0 amide bonds. The summed E-state index contributed by atoms with van der Waals surface area (Å²) in [6.45, 7) is 11.3. The van der Waals surface area contributed by atoms with Gasteiger partial charge in [-0.25, -0.2) is 0 Å². The molecule has 0 saturated heterocycles. The number of carbonyl (C=O) groups is 2. The second-order valence-electron chi connectivity index (χ2n) is 13.3. The number of hydrogen-bond donors (Lipinski definition) is 0. The molecule has 5 rings (SSSR count). The Morgan fingerprint density at radius 1 is 0.975 bits per heavy atom. The fourth-order valence-corrected chi connectivity index (χ4v) is 10.3. The van der Waals surface area contributed by atoms with Crippen LogP contribution in [0.25, 0.3) is 0 Å². The lowest BCUT2D eigenvalue weighted by molar-refractivity contribution is -0.152. The second-order valence-corrected chi connectivity index (χ2v) is 14.8. The van der Waals surface area contributed by atoms with Gasteiger partial charge in [-0.2, -0.15) is 8.42 Å². The highest BCUT2D eigenvalue weighted by atomic mass is 32.2. The zero-order valence-corrected chi connectivity index (χ0v) is 25.5. The van der Waals surface area contributed by atoms with E-state index in [4.69, 9.17) is 13.7 Å². The van der Waals surface area contributed by atoms with Crippen molar-refractivity contribution in [2.75, 3.05) is 0 Å². The summed E-state index contributed by atoms with van der Waals surface area (Å²) in [7, 11) is -3.98. The maximum absolute atomic E-state index is 13.3. The number of carbonyl (C=O) groups excluding carboxylic acids is 2. The number of benzene rings is 1. The number of hydrogen-bond acceptors (Lipinski definition) is 7.